The van der Waals surface area contributed by atoms with Crippen molar-refractivity contribution in [2.24, 2.45) is 33.3 Å². The molecule has 0 aromatic carbocycles. The van der Waals surface area contributed by atoms with Crippen LogP contribution in [0.5, 0.6) is 0 Å². The van der Waals surface area contributed by atoms with E-state index in [1.165, 1.54) is 0 Å². The molecule has 1 heterocycles. The third-order valence-corrected chi connectivity index (χ3v) is 2.34. The average Bonchev–Trinajstić information content (AvgIpc) is 2.01. The van der Waals surface area contributed by atoms with E-state index in [4.69, 9.17) is 11.5 Å². The molecule has 0 radical (unpaired) electrons. The molecule has 3 atom stereocenters. The minimum Gasteiger partial charge on any atom is -0.393 e. The highest BCUT2D eigenvalue weighted by atomic mass is 16.3. The predicted molar refractivity (Wildman–Crippen MR) is 52.6 cm³/mol. The van der Waals surface area contributed by atoms with E-state index in [1.54, 1.807) is 13.8 Å². The number of aliphatic imine (C=N–C) groups is 2. The lowest BCUT2D eigenvalue weighted by atomic mass is 9.88. The van der Waals surface area contributed by atoms with Crippen LogP contribution >= 0.6 is 0 Å². The Balaban J connectivity index is 2.92. The van der Waals surface area contributed by atoms with Gasteiger partial charge in [0.05, 0.1) is 6.10 Å². The van der Waals surface area contributed by atoms with Crippen LogP contribution in [0.2, 0.25) is 0 Å². The first-order valence-corrected chi connectivity index (χ1v) is 4.33. The summed E-state index contributed by atoms with van der Waals surface area (Å²) in [6, 6.07) is 0. The molecule has 14 heavy (non-hydrogen) atoms. The number of hydrogen-bond acceptors (Lipinski definition) is 5. The lowest BCUT2D eigenvalue weighted by Crippen LogP contribution is -2.42. The molecule has 0 aromatic rings. The molecule has 0 aromatic heterocycles. The van der Waals surface area contributed by atoms with Gasteiger partial charge >= 0.3 is 0 Å². The molecule has 0 bridgehead atoms. The maximum Gasteiger partial charge on any atom is 0.259 e. The van der Waals surface area contributed by atoms with E-state index in [1.807, 2.05) is 0 Å². The number of amides is 1. The van der Waals surface area contributed by atoms with E-state index in [-0.39, 0.29) is 17.7 Å². The molecular weight excluding hydrogens is 184 g/mol. The van der Waals surface area contributed by atoms with E-state index >= 15 is 0 Å². The first-order valence-electron chi connectivity index (χ1n) is 4.33. The normalized spacial score (nSPS) is 26.5. The lowest BCUT2D eigenvalue weighted by Gasteiger charge is -2.24. The number of rotatable bonds is 2. The zero-order valence-corrected chi connectivity index (χ0v) is 8.14. The molecule has 0 saturated carbocycles. The second-order valence-electron chi connectivity index (χ2n) is 3.42. The second-order valence-corrected chi connectivity index (χ2v) is 3.42. The summed E-state index contributed by atoms with van der Waals surface area (Å²) in [5.41, 5.74) is 10.8. The summed E-state index contributed by atoms with van der Waals surface area (Å²) in [4.78, 5) is 18.6. The molecule has 0 fully saturated rings. The fourth-order valence-electron chi connectivity index (χ4n) is 1.31. The predicted octanol–water partition coefficient (Wildman–Crippen LogP) is -1.17. The van der Waals surface area contributed by atoms with Crippen molar-refractivity contribution in [1.82, 2.24) is 0 Å². The Morgan fingerprint density at radius 3 is 2.36 bits per heavy atom. The number of carbonyl (C=O) groups excluding carboxylic acids is 1. The maximum atomic E-state index is 11.4. The van der Waals surface area contributed by atoms with Crippen LogP contribution in [0.15, 0.2) is 9.98 Å². The van der Waals surface area contributed by atoms with E-state index in [9.17, 15) is 9.90 Å². The van der Waals surface area contributed by atoms with Crippen molar-refractivity contribution in [2.45, 2.75) is 20.0 Å². The minimum atomic E-state index is -0.665. The molecule has 78 valence electrons. The van der Waals surface area contributed by atoms with Gasteiger partial charge in [0.1, 0.15) is 11.8 Å². The van der Waals surface area contributed by atoms with Gasteiger partial charge in [-0.25, -0.2) is 0 Å². The Labute approximate surface area is 81.7 Å². The summed E-state index contributed by atoms with van der Waals surface area (Å²) in [6.07, 6.45) is -0.646. The van der Waals surface area contributed by atoms with Crippen molar-refractivity contribution in [3.8, 4) is 0 Å². The topological polar surface area (TPSA) is 114 Å². The van der Waals surface area contributed by atoms with Crippen LogP contribution in [-0.2, 0) is 4.79 Å². The molecule has 0 spiro atoms. The highest BCUT2D eigenvalue weighted by molar-refractivity contribution is 6.14. The molecule has 1 rings (SSSR count). The van der Waals surface area contributed by atoms with E-state index in [0.717, 1.165) is 0 Å². The third kappa shape index (κ3) is 1.90. The Hall–Kier alpha value is -1.43. The van der Waals surface area contributed by atoms with E-state index < -0.39 is 17.9 Å². The van der Waals surface area contributed by atoms with Crippen molar-refractivity contribution in [3.63, 3.8) is 0 Å². The number of aliphatic hydroxyl groups excluding tert-OH is 1. The molecule has 1 amide bonds. The van der Waals surface area contributed by atoms with Crippen molar-refractivity contribution in [2.75, 3.05) is 0 Å². The van der Waals surface area contributed by atoms with Gasteiger partial charge in [-0.05, 0) is 6.92 Å². The third-order valence-electron chi connectivity index (χ3n) is 2.34. The van der Waals surface area contributed by atoms with Crippen molar-refractivity contribution < 1.29 is 9.90 Å². The van der Waals surface area contributed by atoms with Gasteiger partial charge in [0, 0.05) is 5.92 Å². The van der Waals surface area contributed by atoms with Gasteiger partial charge in [0.15, 0.2) is 0 Å². The van der Waals surface area contributed by atoms with Crippen LogP contribution < -0.4 is 11.5 Å². The Kier molecular flexibility index (Phi) is 2.85. The lowest BCUT2D eigenvalue weighted by molar-refractivity contribution is -0.122. The maximum absolute atomic E-state index is 11.4. The SMILES string of the molecule is CC(O)C(C)C1C(=O)N=C(N)N=C1N. The van der Waals surface area contributed by atoms with Crippen molar-refractivity contribution in [1.29, 1.82) is 0 Å². The quantitative estimate of drug-likeness (QED) is 0.518. The number of nitrogens with zero attached hydrogens (tertiary/aromatic N) is 2. The van der Waals surface area contributed by atoms with Gasteiger partial charge in [0.2, 0.25) is 5.96 Å². The fraction of sp³-hybridized carbons (Fsp3) is 0.625. The summed E-state index contributed by atoms with van der Waals surface area (Å²) in [6.45, 7) is 3.31. The smallest absolute Gasteiger partial charge is 0.259 e. The number of hydrogen-bond donors (Lipinski definition) is 3. The van der Waals surface area contributed by atoms with Crippen LogP contribution in [-0.4, -0.2) is 28.9 Å². The second kappa shape index (κ2) is 3.75. The minimum absolute atomic E-state index is 0.121. The summed E-state index contributed by atoms with van der Waals surface area (Å²) >= 11 is 0. The summed E-state index contributed by atoms with van der Waals surface area (Å²) in [5.74, 6) is -1.42. The van der Waals surface area contributed by atoms with Crippen LogP contribution in [0.4, 0.5) is 0 Å². The summed E-state index contributed by atoms with van der Waals surface area (Å²) in [7, 11) is 0. The summed E-state index contributed by atoms with van der Waals surface area (Å²) in [5, 5.41) is 9.33. The van der Waals surface area contributed by atoms with Crippen LogP contribution in [0.25, 0.3) is 0 Å². The van der Waals surface area contributed by atoms with Gasteiger partial charge in [0.25, 0.3) is 5.91 Å². The Morgan fingerprint density at radius 1 is 1.36 bits per heavy atom. The fourth-order valence-corrected chi connectivity index (χ4v) is 1.31. The number of carbonyl (C=O) groups is 1. The van der Waals surface area contributed by atoms with Crippen LogP contribution in [0.3, 0.4) is 0 Å². The molecule has 0 saturated heterocycles. The van der Waals surface area contributed by atoms with Crippen LogP contribution in [0, 0.1) is 11.8 Å². The van der Waals surface area contributed by atoms with E-state index in [0.29, 0.717) is 0 Å². The van der Waals surface area contributed by atoms with E-state index in [2.05, 4.69) is 9.98 Å². The van der Waals surface area contributed by atoms with Crippen LogP contribution in [0.1, 0.15) is 13.8 Å². The molecule has 5 N–H and O–H groups in total. The first kappa shape index (κ1) is 10.6. The Morgan fingerprint density at radius 2 is 1.93 bits per heavy atom. The van der Waals surface area contributed by atoms with Gasteiger partial charge in [-0.2, -0.15) is 9.98 Å². The summed E-state index contributed by atoms with van der Waals surface area (Å²) < 4.78 is 0. The molecule has 1 aliphatic heterocycles. The molecule has 3 unspecified atom stereocenters. The standard InChI is InChI=1S/C8H14N4O2/c1-3(4(2)13)5-6(9)11-8(10)12-7(5)14/h3-5,13H,1-2H3,(H4,9,10,11,12,14). The number of aliphatic hydroxyl groups is 1. The monoisotopic (exact) mass is 198 g/mol. The highest BCUT2D eigenvalue weighted by Gasteiger charge is 2.33. The van der Waals surface area contributed by atoms with Crippen molar-refractivity contribution >= 4 is 17.7 Å². The molecule has 1 aliphatic rings. The zero-order valence-electron chi connectivity index (χ0n) is 8.14. The largest absolute Gasteiger partial charge is 0.393 e. The molecule has 6 nitrogen and oxygen atoms in total. The average molecular weight is 198 g/mol. The van der Waals surface area contributed by atoms with Gasteiger partial charge < -0.3 is 16.6 Å². The molecule has 6 heteroatoms. The zero-order chi connectivity index (χ0) is 10.9. The number of guanidine groups is 1. The van der Waals surface area contributed by atoms with Gasteiger partial charge in [-0.15, -0.1) is 0 Å². The van der Waals surface area contributed by atoms with Gasteiger partial charge in [-0.3, -0.25) is 4.79 Å². The molecular formula is C8H14N4O2. The first-order chi connectivity index (χ1) is 6.43. The number of nitrogens with two attached hydrogens (primary N) is 2. The molecule has 0 aliphatic carbocycles. The highest BCUT2D eigenvalue weighted by Crippen LogP contribution is 2.19. The number of amidine groups is 1. The van der Waals surface area contributed by atoms with Crippen molar-refractivity contribution in [3.05, 3.63) is 0 Å². The van der Waals surface area contributed by atoms with Gasteiger partial charge in [-0.1, -0.05) is 6.92 Å². The Bertz CT molecular complexity index is 308.